The molecule has 26 heavy (non-hydrogen) atoms. The van der Waals surface area contributed by atoms with Crippen molar-refractivity contribution in [2.24, 2.45) is 11.0 Å². The zero-order valence-electron chi connectivity index (χ0n) is 14.2. The summed E-state index contributed by atoms with van der Waals surface area (Å²) in [6.07, 6.45) is -2.24. The van der Waals surface area contributed by atoms with Crippen molar-refractivity contribution >= 4 is 23.4 Å². The molecule has 1 saturated carbocycles. The molecule has 1 amide bonds. The summed E-state index contributed by atoms with van der Waals surface area (Å²) >= 11 is 1.21. The molecule has 1 aliphatic heterocycles. The van der Waals surface area contributed by atoms with Gasteiger partial charge in [0.1, 0.15) is 0 Å². The third kappa shape index (κ3) is 3.62. The van der Waals surface area contributed by atoms with Crippen LogP contribution in [-0.4, -0.2) is 39.4 Å². The highest BCUT2D eigenvalue weighted by Crippen LogP contribution is 2.47. The molecular formula is C18H21F3N2O2S. The molecule has 0 bridgehead atoms. The van der Waals surface area contributed by atoms with Crippen molar-refractivity contribution in [3.8, 4) is 0 Å². The van der Waals surface area contributed by atoms with Crippen LogP contribution in [0.3, 0.4) is 0 Å². The number of benzene rings is 1. The third-order valence-electron chi connectivity index (χ3n) is 4.86. The van der Waals surface area contributed by atoms with E-state index in [1.54, 1.807) is 0 Å². The van der Waals surface area contributed by atoms with E-state index in [4.69, 9.17) is 0 Å². The number of carbonyl (C=O) groups excluding carboxylic acids is 1. The van der Waals surface area contributed by atoms with Crippen molar-refractivity contribution < 1.29 is 23.1 Å². The van der Waals surface area contributed by atoms with Crippen LogP contribution >= 0.6 is 11.8 Å². The average Bonchev–Trinajstić information content (AvgIpc) is 2.75. The molecule has 0 saturated heterocycles. The summed E-state index contributed by atoms with van der Waals surface area (Å²) in [4.78, 5) is 12.5. The van der Waals surface area contributed by atoms with Crippen molar-refractivity contribution in [2.45, 2.75) is 49.8 Å². The SMILES string of the molecule is O=C(CSCc1ccccc1)N1N=C2CCCCC[C@@H]2[C@]1(O)C(F)(F)F. The Bertz CT molecular complexity index is 681. The van der Waals surface area contributed by atoms with Gasteiger partial charge in [0.25, 0.3) is 11.6 Å². The molecule has 1 heterocycles. The van der Waals surface area contributed by atoms with Crippen molar-refractivity contribution in [3.63, 3.8) is 0 Å². The minimum Gasteiger partial charge on any atom is -0.362 e. The van der Waals surface area contributed by atoms with Gasteiger partial charge in [0, 0.05) is 11.5 Å². The normalized spacial score (nSPS) is 26.2. The Morgan fingerprint density at radius 1 is 1.27 bits per heavy atom. The zero-order valence-corrected chi connectivity index (χ0v) is 15.0. The first-order chi connectivity index (χ1) is 12.3. The smallest absolute Gasteiger partial charge is 0.362 e. The second-order valence-electron chi connectivity index (χ2n) is 6.65. The van der Waals surface area contributed by atoms with Gasteiger partial charge in [0.15, 0.2) is 0 Å². The molecule has 3 rings (SSSR count). The molecule has 4 nitrogen and oxygen atoms in total. The fraction of sp³-hybridized carbons (Fsp3) is 0.556. The minimum atomic E-state index is -4.95. The van der Waals surface area contributed by atoms with Crippen LogP contribution in [-0.2, 0) is 10.5 Å². The van der Waals surface area contributed by atoms with Crippen LogP contribution in [0.25, 0.3) is 0 Å². The summed E-state index contributed by atoms with van der Waals surface area (Å²) in [7, 11) is 0. The van der Waals surface area contributed by atoms with E-state index in [1.807, 2.05) is 30.3 Å². The Balaban J connectivity index is 1.74. The summed E-state index contributed by atoms with van der Waals surface area (Å²) in [5.41, 5.74) is -1.95. The van der Waals surface area contributed by atoms with E-state index in [0.717, 1.165) is 18.4 Å². The predicted molar refractivity (Wildman–Crippen MR) is 94.5 cm³/mol. The molecule has 0 aromatic heterocycles. The average molecular weight is 386 g/mol. The number of hydrazone groups is 1. The van der Waals surface area contributed by atoms with Gasteiger partial charge in [-0.25, -0.2) is 0 Å². The predicted octanol–water partition coefficient (Wildman–Crippen LogP) is 3.95. The van der Waals surface area contributed by atoms with Crippen LogP contribution in [0.5, 0.6) is 0 Å². The molecule has 142 valence electrons. The summed E-state index contributed by atoms with van der Waals surface area (Å²) in [5, 5.41) is 14.8. The molecular weight excluding hydrogens is 365 g/mol. The number of carbonyl (C=O) groups is 1. The van der Waals surface area contributed by atoms with E-state index >= 15 is 0 Å². The van der Waals surface area contributed by atoms with E-state index in [-0.39, 0.29) is 12.2 Å². The van der Waals surface area contributed by atoms with Gasteiger partial charge < -0.3 is 5.11 Å². The number of amides is 1. The summed E-state index contributed by atoms with van der Waals surface area (Å²) in [5.74, 6) is -1.64. The standard InChI is InChI=1S/C18H21F3N2O2S/c19-18(20,21)17(25)14-9-5-2-6-10-15(14)22-23(17)16(24)12-26-11-13-7-3-1-4-8-13/h1,3-4,7-8,14,25H,2,5-6,9-12H2/t14-,17-/m0/s1. The van der Waals surface area contributed by atoms with Crippen LogP contribution in [0, 0.1) is 5.92 Å². The topological polar surface area (TPSA) is 52.9 Å². The number of nitrogens with zero attached hydrogens (tertiary/aromatic N) is 2. The summed E-state index contributed by atoms with van der Waals surface area (Å²) < 4.78 is 41.2. The summed E-state index contributed by atoms with van der Waals surface area (Å²) in [6.45, 7) is 0. The second-order valence-corrected chi connectivity index (χ2v) is 7.64. The van der Waals surface area contributed by atoms with Crippen LogP contribution in [0.1, 0.15) is 37.7 Å². The summed E-state index contributed by atoms with van der Waals surface area (Å²) in [6, 6.07) is 9.36. The van der Waals surface area contributed by atoms with Gasteiger partial charge in [-0.15, -0.1) is 11.8 Å². The Hall–Kier alpha value is -1.54. The number of hydrogen-bond acceptors (Lipinski definition) is 4. The Kier molecular flexibility index (Phi) is 5.62. The number of hydrogen-bond donors (Lipinski definition) is 1. The first kappa shape index (κ1) is 19.2. The van der Waals surface area contributed by atoms with Crippen LogP contribution in [0.4, 0.5) is 13.2 Å². The highest BCUT2D eigenvalue weighted by atomic mass is 32.2. The lowest BCUT2D eigenvalue weighted by atomic mass is 9.87. The van der Waals surface area contributed by atoms with Gasteiger partial charge in [-0.3, -0.25) is 4.79 Å². The number of halogens is 3. The first-order valence-corrected chi connectivity index (χ1v) is 9.80. The minimum absolute atomic E-state index is 0.170. The molecule has 1 N–H and O–H groups in total. The maximum Gasteiger partial charge on any atom is 0.439 e. The molecule has 0 unspecified atom stereocenters. The second kappa shape index (κ2) is 7.60. The van der Waals surface area contributed by atoms with E-state index in [1.165, 1.54) is 11.8 Å². The maximum absolute atomic E-state index is 13.7. The number of aliphatic hydroxyl groups is 1. The third-order valence-corrected chi connectivity index (χ3v) is 5.84. The van der Waals surface area contributed by atoms with E-state index < -0.39 is 23.7 Å². The van der Waals surface area contributed by atoms with Crippen molar-refractivity contribution in [1.29, 1.82) is 0 Å². The lowest BCUT2D eigenvalue weighted by Gasteiger charge is -2.37. The van der Waals surface area contributed by atoms with Crippen LogP contribution < -0.4 is 0 Å². The van der Waals surface area contributed by atoms with Crippen LogP contribution in [0.15, 0.2) is 35.4 Å². The Morgan fingerprint density at radius 2 is 2.00 bits per heavy atom. The monoisotopic (exact) mass is 386 g/mol. The number of rotatable bonds is 4. The maximum atomic E-state index is 13.7. The number of thioether (sulfide) groups is 1. The lowest BCUT2D eigenvalue weighted by molar-refractivity contribution is -0.316. The molecule has 1 fully saturated rings. The number of fused-ring (bicyclic) bond motifs is 1. The quantitative estimate of drug-likeness (QED) is 0.853. The molecule has 1 aromatic carbocycles. The fourth-order valence-electron chi connectivity index (χ4n) is 3.53. The zero-order chi connectivity index (χ0) is 18.8. The van der Waals surface area contributed by atoms with Crippen molar-refractivity contribution in [3.05, 3.63) is 35.9 Å². The molecule has 0 spiro atoms. The van der Waals surface area contributed by atoms with Gasteiger partial charge in [-0.1, -0.05) is 43.2 Å². The van der Waals surface area contributed by atoms with E-state index in [2.05, 4.69) is 5.10 Å². The Morgan fingerprint density at radius 3 is 2.69 bits per heavy atom. The van der Waals surface area contributed by atoms with E-state index in [0.29, 0.717) is 29.3 Å². The lowest BCUT2D eigenvalue weighted by Crippen LogP contribution is -2.61. The molecule has 1 aliphatic carbocycles. The van der Waals surface area contributed by atoms with E-state index in [9.17, 15) is 23.1 Å². The van der Waals surface area contributed by atoms with Crippen molar-refractivity contribution in [1.82, 2.24) is 5.01 Å². The van der Waals surface area contributed by atoms with Gasteiger partial charge in [-0.05, 0) is 24.8 Å². The van der Waals surface area contributed by atoms with Gasteiger partial charge >= 0.3 is 6.18 Å². The Labute approximate surface area is 154 Å². The number of alkyl halides is 3. The molecule has 8 heteroatoms. The van der Waals surface area contributed by atoms with Gasteiger partial charge in [0.2, 0.25) is 0 Å². The largest absolute Gasteiger partial charge is 0.439 e. The molecule has 2 atom stereocenters. The fourth-order valence-corrected chi connectivity index (χ4v) is 4.36. The van der Waals surface area contributed by atoms with Gasteiger partial charge in [-0.2, -0.15) is 23.3 Å². The first-order valence-electron chi connectivity index (χ1n) is 8.65. The molecule has 1 aromatic rings. The molecule has 0 radical (unpaired) electrons. The van der Waals surface area contributed by atoms with Crippen LogP contribution in [0.2, 0.25) is 0 Å². The van der Waals surface area contributed by atoms with Gasteiger partial charge in [0.05, 0.1) is 11.7 Å². The van der Waals surface area contributed by atoms with Crippen molar-refractivity contribution in [2.75, 3.05) is 5.75 Å². The highest BCUT2D eigenvalue weighted by Gasteiger charge is 2.68. The highest BCUT2D eigenvalue weighted by molar-refractivity contribution is 7.99. The molecule has 2 aliphatic rings.